The lowest BCUT2D eigenvalue weighted by Crippen LogP contribution is -2.46. The first-order chi connectivity index (χ1) is 16.9. The van der Waals surface area contributed by atoms with Crippen LogP contribution in [0.4, 0.5) is 18.9 Å². The molecular weight excluding hydrogens is 528 g/mol. The lowest BCUT2D eigenvalue weighted by Gasteiger charge is -2.37. The Labute approximate surface area is 225 Å². The predicted octanol–water partition coefficient (Wildman–Crippen LogP) is 5.07. The monoisotopic (exact) mass is 556 g/mol. The highest BCUT2D eigenvalue weighted by Gasteiger charge is 2.39. The fraction of sp³-hybridized carbons (Fsp3) is 0.440. The van der Waals surface area contributed by atoms with E-state index >= 15 is 0 Å². The van der Waals surface area contributed by atoms with Gasteiger partial charge < -0.3 is 19.9 Å². The maximum Gasteiger partial charge on any atom is 0.418 e. The fourth-order valence-corrected chi connectivity index (χ4v) is 5.21. The van der Waals surface area contributed by atoms with Gasteiger partial charge in [-0.1, -0.05) is 44.5 Å². The largest absolute Gasteiger partial charge is 0.418 e. The SMILES string of the molecule is Cl.Cn1nc(C(C)(C)C)c(Cl)c1C1=NC2=CN(c3ccccc3C(F)(F)F)C=C(N3CCOCC3)C2N1. The Morgan fingerprint density at radius 3 is 2.38 bits per heavy atom. The van der Waals surface area contributed by atoms with Crippen LogP contribution < -0.4 is 10.2 Å². The molecule has 0 spiro atoms. The van der Waals surface area contributed by atoms with Crippen molar-refractivity contribution in [3.8, 4) is 0 Å². The minimum atomic E-state index is -4.49. The molecule has 12 heteroatoms. The number of anilines is 1. The molecule has 3 aliphatic rings. The quantitative estimate of drug-likeness (QED) is 0.572. The number of benzene rings is 1. The van der Waals surface area contributed by atoms with E-state index in [1.54, 1.807) is 23.1 Å². The van der Waals surface area contributed by atoms with Crippen molar-refractivity contribution in [2.24, 2.45) is 12.0 Å². The highest BCUT2D eigenvalue weighted by atomic mass is 35.5. The summed E-state index contributed by atoms with van der Waals surface area (Å²) in [6.07, 6.45) is -1.10. The van der Waals surface area contributed by atoms with Crippen LogP contribution in [0.5, 0.6) is 0 Å². The summed E-state index contributed by atoms with van der Waals surface area (Å²) in [5, 5.41) is 8.58. The van der Waals surface area contributed by atoms with E-state index in [2.05, 4.69) is 15.3 Å². The van der Waals surface area contributed by atoms with Crippen molar-refractivity contribution < 1.29 is 17.9 Å². The Morgan fingerprint density at radius 2 is 1.76 bits per heavy atom. The standard InChI is InChI=1S/C25H28ClF3N6O.ClH/c1-24(2,3)22-19(26)21(33(4)32-22)23-30-16-13-35(17-8-6-5-7-15(17)25(27,28)29)14-18(20(16)31-23)34-9-11-36-12-10-34;/h5-8,13-14,20H,9-12H2,1-4H3,(H,30,31);1H. The van der Waals surface area contributed by atoms with E-state index in [0.29, 0.717) is 48.6 Å². The topological polar surface area (TPSA) is 57.9 Å². The summed E-state index contributed by atoms with van der Waals surface area (Å²) in [4.78, 5) is 8.45. The highest BCUT2D eigenvalue weighted by Crippen LogP contribution is 2.40. The van der Waals surface area contributed by atoms with E-state index in [-0.39, 0.29) is 29.6 Å². The minimum absolute atomic E-state index is 0. The molecule has 37 heavy (non-hydrogen) atoms. The van der Waals surface area contributed by atoms with Crippen LogP contribution in [0.3, 0.4) is 0 Å². The molecule has 1 saturated heterocycles. The number of alkyl halides is 3. The number of amidine groups is 1. The molecule has 7 nitrogen and oxygen atoms in total. The van der Waals surface area contributed by atoms with Crippen LogP contribution in [-0.4, -0.2) is 52.9 Å². The van der Waals surface area contributed by atoms with Gasteiger partial charge in [-0.25, -0.2) is 4.99 Å². The molecule has 0 radical (unpaired) electrons. The maximum absolute atomic E-state index is 13.8. The number of para-hydroxylation sites is 1. The molecule has 1 fully saturated rings. The van der Waals surface area contributed by atoms with Gasteiger partial charge in [0.15, 0.2) is 5.84 Å². The highest BCUT2D eigenvalue weighted by molar-refractivity contribution is 6.34. The summed E-state index contributed by atoms with van der Waals surface area (Å²) in [5.41, 5.74) is 1.87. The summed E-state index contributed by atoms with van der Waals surface area (Å²) < 4.78 is 48.7. The molecule has 3 aliphatic heterocycles. The van der Waals surface area contributed by atoms with Gasteiger partial charge in [0, 0.05) is 38.0 Å². The van der Waals surface area contributed by atoms with Gasteiger partial charge in [-0.3, -0.25) is 4.68 Å². The third kappa shape index (κ3) is 5.06. The normalized spacial score (nSPS) is 20.0. The predicted molar refractivity (Wildman–Crippen MR) is 140 cm³/mol. The van der Waals surface area contributed by atoms with Crippen molar-refractivity contribution in [3.05, 3.63) is 70.0 Å². The Bertz CT molecular complexity index is 1270. The molecule has 1 aromatic carbocycles. The van der Waals surface area contributed by atoms with Crippen LogP contribution in [0.15, 0.2) is 53.1 Å². The molecule has 4 heterocycles. The summed E-state index contributed by atoms with van der Waals surface area (Å²) in [6, 6.07) is 5.21. The van der Waals surface area contributed by atoms with E-state index < -0.39 is 11.7 Å². The van der Waals surface area contributed by atoms with Crippen molar-refractivity contribution >= 4 is 35.5 Å². The Hall–Kier alpha value is -2.69. The Morgan fingerprint density at radius 1 is 1.08 bits per heavy atom. The van der Waals surface area contributed by atoms with Crippen LogP contribution in [0.1, 0.15) is 37.7 Å². The van der Waals surface area contributed by atoms with E-state index in [1.165, 1.54) is 17.0 Å². The second-order valence-corrected chi connectivity index (χ2v) is 10.4. The van der Waals surface area contributed by atoms with Gasteiger partial charge in [-0.2, -0.15) is 18.3 Å². The second kappa shape index (κ2) is 9.89. The molecule has 0 amide bonds. The Kier molecular flexibility index (Phi) is 7.31. The molecule has 0 saturated carbocycles. The molecule has 0 bridgehead atoms. The molecule has 200 valence electrons. The van der Waals surface area contributed by atoms with E-state index in [0.717, 1.165) is 17.5 Å². The average Bonchev–Trinajstić information content (AvgIpc) is 3.38. The van der Waals surface area contributed by atoms with Crippen molar-refractivity contribution in [1.29, 1.82) is 0 Å². The first-order valence-electron chi connectivity index (χ1n) is 11.7. The number of hydrogen-bond acceptors (Lipinski definition) is 6. The number of nitrogens with one attached hydrogen (secondary N) is 1. The smallest absolute Gasteiger partial charge is 0.378 e. The second-order valence-electron chi connectivity index (χ2n) is 10.1. The van der Waals surface area contributed by atoms with E-state index in [9.17, 15) is 13.2 Å². The molecule has 0 aliphatic carbocycles. The number of ether oxygens (including phenoxy) is 1. The van der Waals surface area contributed by atoms with Crippen LogP contribution in [0.25, 0.3) is 0 Å². The molecule has 5 rings (SSSR count). The van der Waals surface area contributed by atoms with Crippen LogP contribution in [-0.2, 0) is 23.4 Å². The molecular formula is C25H29Cl2F3N6O. The van der Waals surface area contributed by atoms with E-state index in [4.69, 9.17) is 21.3 Å². The zero-order valence-corrected chi connectivity index (χ0v) is 22.5. The lowest BCUT2D eigenvalue weighted by molar-refractivity contribution is -0.137. The number of aromatic nitrogens is 2. The van der Waals surface area contributed by atoms with Crippen molar-refractivity contribution in [2.75, 3.05) is 31.2 Å². The number of nitrogens with zero attached hydrogens (tertiary/aromatic N) is 5. The number of aryl methyl sites for hydroxylation is 1. The number of hydrogen-bond donors (Lipinski definition) is 1. The third-order valence-electron chi connectivity index (χ3n) is 6.44. The number of rotatable bonds is 3. The molecule has 2 aromatic rings. The zero-order valence-electron chi connectivity index (χ0n) is 20.9. The summed E-state index contributed by atoms with van der Waals surface area (Å²) in [6.45, 7) is 8.44. The number of fused-ring (bicyclic) bond motifs is 1. The summed E-state index contributed by atoms with van der Waals surface area (Å²) in [5.74, 6) is 0.534. The van der Waals surface area contributed by atoms with Gasteiger partial charge in [0.2, 0.25) is 0 Å². The number of aliphatic imine (C=N–C) groups is 1. The average molecular weight is 557 g/mol. The van der Waals surface area contributed by atoms with Gasteiger partial charge in [-0.05, 0) is 12.1 Å². The van der Waals surface area contributed by atoms with Crippen molar-refractivity contribution in [3.63, 3.8) is 0 Å². The van der Waals surface area contributed by atoms with Crippen molar-refractivity contribution in [1.82, 2.24) is 20.0 Å². The van der Waals surface area contributed by atoms with Gasteiger partial charge >= 0.3 is 6.18 Å². The van der Waals surface area contributed by atoms with Crippen molar-refractivity contribution in [2.45, 2.75) is 38.4 Å². The summed E-state index contributed by atoms with van der Waals surface area (Å²) in [7, 11) is 1.81. The van der Waals surface area contributed by atoms with Gasteiger partial charge in [-0.15, -0.1) is 12.4 Å². The van der Waals surface area contributed by atoms with E-state index in [1.807, 2.05) is 27.8 Å². The maximum atomic E-state index is 13.8. The Balaban J connectivity index is 0.00000320. The van der Waals surface area contributed by atoms with Gasteiger partial charge in [0.1, 0.15) is 11.7 Å². The third-order valence-corrected chi connectivity index (χ3v) is 6.80. The first kappa shape index (κ1) is 27.3. The summed E-state index contributed by atoms with van der Waals surface area (Å²) >= 11 is 6.77. The minimum Gasteiger partial charge on any atom is -0.378 e. The zero-order chi connectivity index (χ0) is 25.8. The first-order valence-corrected chi connectivity index (χ1v) is 12.1. The molecule has 1 atom stereocenters. The molecule has 1 unspecified atom stereocenters. The lowest BCUT2D eigenvalue weighted by atomic mass is 9.92. The van der Waals surface area contributed by atoms with Crippen LogP contribution in [0.2, 0.25) is 5.02 Å². The van der Waals surface area contributed by atoms with Gasteiger partial charge in [0.25, 0.3) is 0 Å². The molecule has 1 N–H and O–H groups in total. The van der Waals surface area contributed by atoms with Crippen LogP contribution >= 0.6 is 24.0 Å². The molecule has 1 aromatic heterocycles. The fourth-order valence-electron chi connectivity index (χ4n) is 4.68. The number of morpholine rings is 1. The number of halogens is 5. The van der Waals surface area contributed by atoms with Crippen LogP contribution in [0, 0.1) is 0 Å². The van der Waals surface area contributed by atoms with Gasteiger partial charge in [0.05, 0.1) is 46.6 Å².